The summed E-state index contributed by atoms with van der Waals surface area (Å²) in [5.41, 5.74) is 0.981. The highest BCUT2D eigenvalue weighted by Gasteiger charge is 2.17. The summed E-state index contributed by atoms with van der Waals surface area (Å²) in [6, 6.07) is 0.545. The van der Waals surface area contributed by atoms with Gasteiger partial charge < -0.3 is 10.2 Å². The van der Waals surface area contributed by atoms with Crippen LogP contribution in [0.25, 0.3) is 0 Å². The second-order valence-corrected chi connectivity index (χ2v) is 6.03. The van der Waals surface area contributed by atoms with Crippen LogP contribution in [0.1, 0.15) is 36.4 Å². The summed E-state index contributed by atoms with van der Waals surface area (Å²) in [6.07, 6.45) is 5.00. The number of aromatic nitrogens is 1. The first-order chi connectivity index (χ1) is 8.65. The maximum absolute atomic E-state index is 11.9. The molecule has 4 nitrogen and oxygen atoms in total. The maximum Gasteiger partial charge on any atom is 0.236 e. The molecule has 2 rings (SSSR count). The van der Waals surface area contributed by atoms with Crippen molar-refractivity contribution in [1.82, 2.24) is 15.2 Å². The van der Waals surface area contributed by atoms with E-state index >= 15 is 0 Å². The molecule has 0 aliphatic heterocycles. The van der Waals surface area contributed by atoms with Gasteiger partial charge in [0.2, 0.25) is 5.91 Å². The number of nitrogens with one attached hydrogen (secondary N) is 1. The van der Waals surface area contributed by atoms with E-state index in [0.717, 1.165) is 10.7 Å². The average Bonchev–Trinajstić information content (AvgIpc) is 2.97. The number of hydrogen-bond donors (Lipinski definition) is 1. The smallest absolute Gasteiger partial charge is 0.236 e. The van der Waals surface area contributed by atoms with Crippen molar-refractivity contribution in [2.24, 2.45) is 0 Å². The Labute approximate surface area is 112 Å². The number of aryl methyl sites for hydroxylation is 1. The highest BCUT2D eigenvalue weighted by molar-refractivity contribution is 7.09. The van der Waals surface area contributed by atoms with Gasteiger partial charge in [0.15, 0.2) is 0 Å². The molecule has 5 heteroatoms. The lowest BCUT2D eigenvalue weighted by molar-refractivity contribution is -0.129. The fraction of sp³-hybridized carbons (Fsp3) is 0.692. The van der Waals surface area contributed by atoms with Crippen LogP contribution in [0.3, 0.4) is 0 Å². The Morgan fingerprint density at radius 1 is 1.56 bits per heavy atom. The van der Waals surface area contributed by atoms with Gasteiger partial charge in [-0.2, -0.15) is 0 Å². The lowest BCUT2D eigenvalue weighted by Gasteiger charge is -2.18. The van der Waals surface area contributed by atoms with E-state index in [2.05, 4.69) is 10.3 Å². The summed E-state index contributed by atoms with van der Waals surface area (Å²) in [4.78, 5) is 18.1. The molecule has 100 valence electrons. The van der Waals surface area contributed by atoms with Crippen molar-refractivity contribution in [3.8, 4) is 0 Å². The van der Waals surface area contributed by atoms with Crippen LogP contribution in [-0.4, -0.2) is 35.4 Å². The van der Waals surface area contributed by atoms with Crippen molar-refractivity contribution < 1.29 is 4.79 Å². The SMILES string of the molecule is Cc1nc(CN(C)C(=O)CNC2CCCC2)cs1. The van der Waals surface area contributed by atoms with E-state index in [0.29, 0.717) is 19.1 Å². The summed E-state index contributed by atoms with van der Waals surface area (Å²) in [5.74, 6) is 0.146. The number of hydrogen-bond acceptors (Lipinski definition) is 4. The van der Waals surface area contributed by atoms with Crippen molar-refractivity contribution in [1.29, 1.82) is 0 Å². The Morgan fingerprint density at radius 2 is 2.28 bits per heavy atom. The number of carbonyl (C=O) groups excluding carboxylic acids is 1. The summed E-state index contributed by atoms with van der Waals surface area (Å²) in [7, 11) is 1.84. The molecule has 1 N–H and O–H groups in total. The average molecular weight is 267 g/mol. The van der Waals surface area contributed by atoms with Gasteiger partial charge in [0, 0.05) is 18.5 Å². The molecule has 0 unspecified atom stereocenters. The minimum absolute atomic E-state index is 0.146. The fourth-order valence-electron chi connectivity index (χ4n) is 2.31. The first-order valence-corrected chi connectivity index (χ1v) is 7.41. The van der Waals surface area contributed by atoms with Gasteiger partial charge in [0.05, 0.1) is 23.8 Å². The molecule has 0 bridgehead atoms. The Balaban J connectivity index is 1.74. The molecule has 18 heavy (non-hydrogen) atoms. The van der Waals surface area contributed by atoms with Crippen LogP contribution in [0.2, 0.25) is 0 Å². The summed E-state index contributed by atoms with van der Waals surface area (Å²) in [6.45, 7) is 3.04. The highest BCUT2D eigenvalue weighted by Crippen LogP contribution is 2.17. The molecule has 1 heterocycles. The zero-order chi connectivity index (χ0) is 13.0. The maximum atomic E-state index is 11.9. The van der Waals surface area contributed by atoms with Gasteiger partial charge in [-0.1, -0.05) is 12.8 Å². The minimum Gasteiger partial charge on any atom is -0.339 e. The predicted octanol–water partition coefficient (Wildman–Crippen LogP) is 1.94. The topological polar surface area (TPSA) is 45.2 Å². The number of amides is 1. The van der Waals surface area contributed by atoms with E-state index in [1.165, 1.54) is 25.7 Å². The molecule has 1 aromatic heterocycles. The number of rotatable bonds is 5. The van der Waals surface area contributed by atoms with Crippen molar-refractivity contribution in [3.05, 3.63) is 16.1 Å². The molecule has 1 aromatic rings. The lowest BCUT2D eigenvalue weighted by Crippen LogP contribution is -2.38. The highest BCUT2D eigenvalue weighted by atomic mass is 32.1. The molecular formula is C13H21N3OS. The molecule has 0 radical (unpaired) electrons. The molecule has 0 spiro atoms. The predicted molar refractivity (Wildman–Crippen MR) is 73.6 cm³/mol. The molecule has 1 aliphatic rings. The second-order valence-electron chi connectivity index (χ2n) is 4.97. The lowest BCUT2D eigenvalue weighted by atomic mass is 10.2. The second kappa shape index (κ2) is 6.29. The van der Waals surface area contributed by atoms with E-state index in [1.54, 1.807) is 16.2 Å². The van der Waals surface area contributed by atoms with Gasteiger partial charge in [-0.15, -0.1) is 11.3 Å². The third kappa shape index (κ3) is 3.78. The summed E-state index contributed by atoms with van der Waals surface area (Å²) < 4.78 is 0. The normalized spacial score (nSPS) is 16.1. The molecular weight excluding hydrogens is 246 g/mol. The molecule has 1 amide bonds. The standard InChI is InChI=1S/C13H21N3OS/c1-10-15-12(9-18-10)8-16(2)13(17)7-14-11-5-3-4-6-11/h9,11,14H,3-8H2,1-2H3. The third-order valence-corrected chi connectivity index (χ3v) is 4.21. The van der Waals surface area contributed by atoms with Gasteiger partial charge in [0.25, 0.3) is 0 Å². The van der Waals surface area contributed by atoms with Crippen molar-refractivity contribution in [2.75, 3.05) is 13.6 Å². The Bertz CT molecular complexity index is 399. The van der Waals surface area contributed by atoms with Gasteiger partial charge in [0.1, 0.15) is 0 Å². The summed E-state index contributed by atoms with van der Waals surface area (Å²) in [5, 5.41) is 6.41. The van der Waals surface area contributed by atoms with E-state index < -0.39 is 0 Å². The Hall–Kier alpha value is -0.940. The van der Waals surface area contributed by atoms with E-state index in [9.17, 15) is 4.79 Å². The fourth-order valence-corrected chi connectivity index (χ4v) is 2.91. The van der Waals surface area contributed by atoms with Crippen LogP contribution in [-0.2, 0) is 11.3 Å². The summed E-state index contributed by atoms with van der Waals surface area (Å²) >= 11 is 1.63. The zero-order valence-corrected chi connectivity index (χ0v) is 11.9. The molecule has 0 atom stereocenters. The van der Waals surface area contributed by atoms with Crippen LogP contribution in [0, 0.1) is 6.92 Å². The molecule has 1 saturated carbocycles. The van der Waals surface area contributed by atoms with Crippen molar-refractivity contribution in [2.45, 2.75) is 45.2 Å². The molecule has 1 aliphatic carbocycles. The largest absolute Gasteiger partial charge is 0.339 e. The molecule has 1 fully saturated rings. The van der Waals surface area contributed by atoms with Crippen LogP contribution in [0.4, 0.5) is 0 Å². The monoisotopic (exact) mass is 267 g/mol. The number of nitrogens with zero attached hydrogens (tertiary/aromatic N) is 2. The van der Waals surface area contributed by atoms with Gasteiger partial charge in [-0.25, -0.2) is 4.98 Å². The van der Waals surface area contributed by atoms with E-state index in [4.69, 9.17) is 0 Å². The zero-order valence-electron chi connectivity index (χ0n) is 11.1. The first kappa shape index (κ1) is 13.5. The van der Waals surface area contributed by atoms with Crippen molar-refractivity contribution in [3.63, 3.8) is 0 Å². The first-order valence-electron chi connectivity index (χ1n) is 6.53. The van der Waals surface area contributed by atoms with Gasteiger partial charge >= 0.3 is 0 Å². The minimum atomic E-state index is 0.146. The van der Waals surface area contributed by atoms with Crippen LogP contribution in [0.15, 0.2) is 5.38 Å². The Kier molecular flexibility index (Phi) is 4.72. The molecule has 0 aromatic carbocycles. The van der Waals surface area contributed by atoms with Gasteiger partial charge in [-0.05, 0) is 19.8 Å². The number of likely N-dealkylation sites (N-methyl/N-ethyl adjacent to an activating group) is 1. The molecule has 0 saturated heterocycles. The Morgan fingerprint density at radius 3 is 2.89 bits per heavy atom. The van der Waals surface area contributed by atoms with Crippen LogP contribution < -0.4 is 5.32 Å². The van der Waals surface area contributed by atoms with E-state index in [1.807, 2.05) is 19.4 Å². The van der Waals surface area contributed by atoms with Gasteiger partial charge in [-0.3, -0.25) is 4.79 Å². The van der Waals surface area contributed by atoms with Crippen LogP contribution >= 0.6 is 11.3 Å². The number of thiazole rings is 1. The third-order valence-electron chi connectivity index (χ3n) is 3.39. The quantitative estimate of drug-likeness (QED) is 0.887. The van der Waals surface area contributed by atoms with Crippen molar-refractivity contribution >= 4 is 17.2 Å². The number of carbonyl (C=O) groups is 1. The van der Waals surface area contributed by atoms with E-state index in [-0.39, 0.29) is 5.91 Å². The van der Waals surface area contributed by atoms with Crippen LogP contribution in [0.5, 0.6) is 0 Å².